The Bertz CT molecular complexity index is 1180. The van der Waals surface area contributed by atoms with Gasteiger partial charge in [-0.25, -0.2) is 14.6 Å². The molecule has 2 aromatic rings. The predicted octanol–water partition coefficient (Wildman–Crippen LogP) is 2.26. The Morgan fingerprint density at radius 1 is 1.26 bits per heavy atom. The lowest BCUT2D eigenvalue weighted by Crippen LogP contribution is -2.40. The second-order valence-electron chi connectivity index (χ2n) is 8.30. The number of nitrogens with one attached hydrogen (secondary N) is 1. The zero-order valence-corrected chi connectivity index (χ0v) is 20.5. The van der Waals surface area contributed by atoms with E-state index in [1.807, 2.05) is 5.38 Å². The van der Waals surface area contributed by atoms with Crippen molar-refractivity contribution in [2.45, 2.75) is 39.0 Å². The molecular formula is C23H26N4O7S. The Morgan fingerprint density at radius 2 is 2.00 bits per heavy atom. The molecule has 0 aliphatic carbocycles. The molecule has 2 aliphatic rings. The molecule has 4 rings (SSSR count). The summed E-state index contributed by atoms with van der Waals surface area (Å²) in [6.07, 6.45) is 1.37. The highest BCUT2D eigenvalue weighted by molar-refractivity contribution is 7.10. The SMILES string of the molecule is CCOC(=O)c1cc(-c2csc(C3CCN(C(=O)CC4C(=O)NC(C)=C4C(=O)OC)CC3)n2)on1. The number of carbonyl (C=O) groups excluding carboxylic acids is 4. The van der Waals surface area contributed by atoms with Crippen LogP contribution < -0.4 is 5.32 Å². The number of ether oxygens (including phenoxy) is 2. The van der Waals surface area contributed by atoms with Crippen LogP contribution in [0.1, 0.15) is 54.5 Å². The fraction of sp³-hybridized carbons (Fsp3) is 0.478. The van der Waals surface area contributed by atoms with Crippen LogP contribution in [0.25, 0.3) is 11.5 Å². The fourth-order valence-corrected chi connectivity index (χ4v) is 5.28. The Balaban J connectivity index is 1.34. The molecule has 2 aliphatic heterocycles. The second kappa shape index (κ2) is 10.4. The topological polar surface area (TPSA) is 141 Å². The van der Waals surface area contributed by atoms with Gasteiger partial charge in [0.2, 0.25) is 11.8 Å². The molecule has 0 radical (unpaired) electrons. The Hall–Kier alpha value is -3.54. The second-order valence-corrected chi connectivity index (χ2v) is 9.19. The van der Waals surface area contributed by atoms with Crippen molar-refractivity contribution >= 4 is 35.1 Å². The van der Waals surface area contributed by atoms with Crippen molar-refractivity contribution in [1.29, 1.82) is 0 Å². The summed E-state index contributed by atoms with van der Waals surface area (Å²) in [5.74, 6) is -1.95. The van der Waals surface area contributed by atoms with Gasteiger partial charge in [-0.1, -0.05) is 5.16 Å². The summed E-state index contributed by atoms with van der Waals surface area (Å²) in [6.45, 7) is 4.64. The van der Waals surface area contributed by atoms with Crippen LogP contribution in [0.15, 0.2) is 27.2 Å². The van der Waals surface area contributed by atoms with Crippen molar-refractivity contribution < 1.29 is 33.2 Å². The number of piperidine rings is 1. The van der Waals surface area contributed by atoms with Crippen LogP contribution in [0.2, 0.25) is 0 Å². The summed E-state index contributed by atoms with van der Waals surface area (Å²) < 4.78 is 15.0. The van der Waals surface area contributed by atoms with E-state index in [9.17, 15) is 19.2 Å². The molecule has 0 saturated carbocycles. The quantitative estimate of drug-likeness (QED) is 0.564. The molecule has 2 aromatic heterocycles. The van der Waals surface area contributed by atoms with Crippen LogP contribution >= 0.6 is 11.3 Å². The average molecular weight is 503 g/mol. The van der Waals surface area contributed by atoms with Crippen LogP contribution in [0, 0.1) is 5.92 Å². The summed E-state index contributed by atoms with van der Waals surface area (Å²) in [6, 6.07) is 1.51. The van der Waals surface area contributed by atoms with Gasteiger partial charge < -0.3 is 24.2 Å². The largest absolute Gasteiger partial charge is 0.466 e. The van der Waals surface area contributed by atoms with Crippen LogP contribution in [-0.2, 0) is 23.9 Å². The number of aromatic nitrogens is 2. The summed E-state index contributed by atoms with van der Waals surface area (Å²) in [5, 5.41) is 9.14. The van der Waals surface area contributed by atoms with E-state index in [1.54, 1.807) is 18.7 Å². The van der Waals surface area contributed by atoms with Crippen molar-refractivity contribution in [3.05, 3.63) is 33.4 Å². The third-order valence-corrected chi connectivity index (χ3v) is 7.14. The molecule has 1 unspecified atom stereocenters. The van der Waals surface area contributed by atoms with Crippen molar-refractivity contribution in [3.63, 3.8) is 0 Å². The molecule has 0 spiro atoms. The van der Waals surface area contributed by atoms with Crippen LogP contribution in [0.5, 0.6) is 0 Å². The first-order valence-corrected chi connectivity index (χ1v) is 12.2. The highest BCUT2D eigenvalue weighted by Crippen LogP contribution is 2.34. The maximum Gasteiger partial charge on any atom is 0.360 e. The molecule has 11 nitrogen and oxygen atoms in total. The maximum atomic E-state index is 12.9. The minimum absolute atomic E-state index is 0.0754. The molecule has 0 bridgehead atoms. The van der Waals surface area contributed by atoms with E-state index in [2.05, 4.69) is 15.5 Å². The van der Waals surface area contributed by atoms with Gasteiger partial charge in [0.1, 0.15) is 5.69 Å². The third-order valence-electron chi connectivity index (χ3n) is 6.13. The van der Waals surface area contributed by atoms with E-state index in [1.165, 1.54) is 24.5 Å². The fourth-order valence-electron chi connectivity index (χ4n) is 4.30. The van der Waals surface area contributed by atoms with Crippen LogP contribution in [-0.4, -0.2) is 65.6 Å². The average Bonchev–Trinajstić information content (AvgIpc) is 3.58. The van der Waals surface area contributed by atoms with Gasteiger partial charge in [0.25, 0.3) is 0 Å². The van der Waals surface area contributed by atoms with Gasteiger partial charge in [0, 0.05) is 42.6 Å². The number of thiazole rings is 1. The number of amides is 2. The minimum Gasteiger partial charge on any atom is -0.466 e. The highest BCUT2D eigenvalue weighted by Gasteiger charge is 2.39. The molecule has 2 amide bonds. The first-order valence-electron chi connectivity index (χ1n) is 11.3. The van der Waals surface area contributed by atoms with E-state index in [0.29, 0.717) is 30.2 Å². The van der Waals surface area contributed by atoms with Crippen LogP contribution in [0.3, 0.4) is 0 Å². The molecule has 1 N–H and O–H groups in total. The Kier molecular flexibility index (Phi) is 7.29. The van der Waals surface area contributed by atoms with E-state index < -0.39 is 17.9 Å². The monoisotopic (exact) mass is 502 g/mol. The predicted molar refractivity (Wildman–Crippen MR) is 123 cm³/mol. The zero-order chi connectivity index (χ0) is 25.1. The van der Waals surface area contributed by atoms with Crippen molar-refractivity contribution in [2.24, 2.45) is 5.92 Å². The molecule has 186 valence electrons. The lowest BCUT2D eigenvalue weighted by atomic mass is 9.93. The first kappa shape index (κ1) is 24.6. The molecule has 4 heterocycles. The first-order chi connectivity index (χ1) is 16.8. The van der Waals surface area contributed by atoms with Gasteiger partial charge >= 0.3 is 11.9 Å². The standard InChI is InChI=1S/C23H26N4O7S/c1-4-33-22(30)15-10-17(34-26-15)16-11-35-21(25-16)13-5-7-27(8-6-13)18(28)9-14-19(23(31)32-3)12(2)24-20(14)29/h10-11,13-14H,4-9H2,1-3H3,(H,24,29). The maximum absolute atomic E-state index is 12.9. The number of carbonyl (C=O) groups is 4. The van der Waals surface area contributed by atoms with Crippen LogP contribution in [0.4, 0.5) is 0 Å². The van der Waals surface area contributed by atoms with Gasteiger partial charge in [0.05, 0.1) is 30.2 Å². The van der Waals surface area contributed by atoms with Crippen molar-refractivity contribution in [1.82, 2.24) is 20.4 Å². The van der Waals surface area contributed by atoms with E-state index in [4.69, 9.17) is 14.0 Å². The van der Waals surface area contributed by atoms with Crippen molar-refractivity contribution in [3.8, 4) is 11.5 Å². The molecule has 1 atom stereocenters. The smallest absolute Gasteiger partial charge is 0.360 e. The minimum atomic E-state index is -0.837. The van der Waals surface area contributed by atoms with E-state index in [0.717, 1.165) is 17.8 Å². The summed E-state index contributed by atoms with van der Waals surface area (Å²) in [4.78, 5) is 55.4. The number of methoxy groups -OCH3 is 1. The molecular weight excluding hydrogens is 476 g/mol. The number of rotatable bonds is 7. The van der Waals surface area contributed by atoms with E-state index in [-0.39, 0.29) is 42.0 Å². The number of hydrogen-bond acceptors (Lipinski definition) is 10. The number of nitrogens with zero attached hydrogens (tertiary/aromatic N) is 3. The summed E-state index contributed by atoms with van der Waals surface area (Å²) in [5.41, 5.74) is 1.34. The lowest BCUT2D eigenvalue weighted by molar-refractivity contribution is -0.139. The molecule has 1 fully saturated rings. The Labute approximate surface area is 205 Å². The highest BCUT2D eigenvalue weighted by atomic mass is 32.1. The third kappa shape index (κ3) is 5.11. The van der Waals surface area contributed by atoms with Gasteiger partial charge in [-0.05, 0) is 26.7 Å². The van der Waals surface area contributed by atoms with Crippen molar-refractivity contribution in [2.75, 3.05) is 26.8 Å². The number of likely N-dealkylation sites (tertiary alicyclic amines) is 1. The van der Waals surface area contributed by atoms with Gasteiger partial charge in [-0.2, -0.15) is 0 Å². The lowest BCUT2D eigenvalue weighted by Gasteiger charge is -2.31. The Morgan fingerprint density at radius 3 is 2.69 bits per heavy atom. The molecule has 12 heteroatoms. The molecule has 35 heavy (non-hydrogen) atoms. The number of hydrogen-bond donors (Lipinski definition) is 1. The molecule has 1 saturated heterocycles. The van der Waals surface area contributed by atoms with Gasteiger partial charge in [-0.15, -0.1) is 11.3 Å². The number of allylic oxidation sites excluding steroid dienone is 1. The van der Waals surface area contributed by atoms with Gasteiger partial charge in [-0.3, -0.25) is 9.59 Å². The number of esters is 2. The van der Waals surface area contributed by atoms with Gasteiger partial charge in [0.15, 0.2) is 11.5 Å². The zero-order valence-electron chi connectivity index (χ0n) is 19.7. The molecule has 0 aromatic carbocycles. The summed E-state index contributed by atoms with van der Waals surface area (Å²) >= 11 is 1.49. The summed E-state index contributed by atoms with van der Waals surface area (Å²) in [7, 11) is 1.25. The normalized spacial score (nSPS) is 18.5. The van der Waals surface area contributed by atoms with E-state index >= 15 is 0 Å².